The number of ether oxygens (including phenoxy) is 1. The third-order valence-electron chi connectivity index (χ3n) is 2.71. The summed E-state index contributed by atoms with van der Waals surface area (Å²) >= 11 is 9.34. The van der Waals surface area contributed by atoms with Crippen molar-refractivity contribution in [1.82, 2.24) is 0 Å². The molecule has 110 valence electrons. The highest BCUT2D eigenvalue weighted by Crippen LogP contribution is 2.27. The lowest BCUT2D eigenvalue weighted by Crippen LogP contribution is -2.23. The Labute approximate surface area is 138 Å². The van der Waals surface area contributed by atoms with Gasteiger partial charge in [0.2, 0.25) is 0 Å². The summed E-state index contributed by atoms with van der Waals surface area (Å²) < 4.78 is 6.24. The Hall–Kier alpha value is -1.32. The van der Waals surface area contributed by atoms with Crippen LogP contribution in [0.25, 0.3) is 11.1 Å². The van der Waals surface area contributed by atoms with Crippen LogP contribution in [0.5, 0.6) is 0 Å². The van der Waals surface area contributed by atoms with Crippen LogP contribution in [0.2, 0.25) is 5.02 Å². The fraction of sp³-hybridized carbons (Fsp3) is 0.235. The van der Waals surface area contributed by atoms with Gasteiger partial charge in [-0.05, 0) is 62.2 Å². The predicted molar refractivity (Wildman–Crippen MR) is 89.8 cm³/mol. The van der Waals surface area contributed by atoms with E-state index in [2.05, 4.69) is 15.9 Å². The quantitative estimate of drug-likeness (QED) is 0.634. The molecule has 0 fully saturated rings. The van der Waals surface area contributed by atoms with Gasteiger partial charge in [0.1, 0.15) is 5.60 Å². The van der Waals surface area contributed by atoms with Gasteiger partial charge in [0, 0.05) is 9.50 Å². The number of rotatable bonds is 2. The topological polar surface area (TPSA) is 26.3 Å². The van der Waals surface area contributed by atoms with Crippen molar-refractivity contribution in [3.63, 3.8) is 0 Å². The first-order chi connectivity index (χ1) is 9.74. The molecule has 0 unspecified atom stereocenters. The molecule has 0 amide bonds. The molecule has 0 N–H and O–H groups in total. The molecule has 0 aliphatic carbocycles. The number of hydrogen-bond acceptors (Lipinski definition) is 2. The van der Waals surface area contributed by atoms with Gasteiger partial charge in [-0.15, -0.1) is 0 Å². The molecule has 0 aliphatic rings. The number of carbonyl (C=O) groups excluding carboxylic acids is 1. The molecule has 2 aromatic rings. The lowest BCUT2D eigenvalue weighted by molar-refractivity contribution is 0.00695. The minimum atomic E-state index is -0.514. The Morgan fingerprint density at radius 1 is 1.05 bits per heavy atom. The summed E-state index contributed by atoms with van der Waals surface area (Å²) in [5.74, 6) is -0.334. The number of benzene rings is 2. The zero-order chi connectivity index (χ0) is 15.6. The lowest BCUT2D eigenvalue weighted by atomic mass is 10.0. The summed E-state index contributed by atoms with van der Waals surface area (Å²) in [6.45, 7) is 5.55. The van der Waals surface area contributed by atoms with Crippen LogP contribution in [0.1, 0.15) is 31.1 Å². The number of halogens is 2. The van der Waals surface area contributed by atoms with Crippen molar-refractivity contribution in [2.45, 2.75) is 26.4 Å². The second-order valence-electron chi connectivity index (χ2n) is 5.74. The highest BCUT2D eigenvalue weighted by Gasteiger charge is 2.18. The predicted octanol–water partition coefficient (Wildman–Crippen LogP) is 5.72. The van der Waals surface area contributed by atoms with E-state index in [1.165, 1.54) is 0 Å². The van der Waals surface area contributed by atoms with E-state index in [1.54, 1.807) is 6.07 Å². The summed E-state index contributed by atoms with van der Waals surface area (Å²) in [5, 5.41) is 0.682. The molecule has 4 heteroatoms. The maximum atomic E-state index is 12.2. The molecule has 2 rings (SSSR count). The van der Waals surface area contributed by atoms with Gasteiger partial charge in [0.15, 0.2) is 0 Å². The summed E-state index contributed by atoms with van der Waals surface area (Å²) in [7, 11) is 0. The molecule has 0 radical (unpaired) electrons. The van der Waals surface area contributed by atoms with Crippen molar-refractivity contribution in [3.8, 4) is 11.1 Å². The monoisotopic (exact) mass is 366 g/mol. The van der Waals surface area contributed by atoms with Crippen LogP contribution in [0.15, 0.2) is 46.9 Å². The number of carbonyl (C=O) groups is 1. The van der Waals surface area contributed by atoms with E-state index in [0.717, 1.165) is 15.6 Å². The largest absolute Gasteiger partial charge is 0.456 e. The number of hydrogen-bond donors (Lipinski definition) is 0. The van der Waals surface area contributed by atoms with Gasteiger partial charge in [-0.3, -0.25) is 0 Å². The molecule has 0 saturated heterocycles. The van der Waals surface area contributed by atoms with Crippen molar-refractivity contribution < 1.29 is 9.53 Å². The van der Waals surface area contributed by atoms with E-state index in [1.807, 2.05) is 57.2 Å². The van der Waals surface area contributed by atoms with Gasteiger partial charge in [0.25, 0.3) is 0 Å². The maximum absolute atomic E-state index is 12.2. The second-order valence-corrected chi connectivity index (χ2v) is 7.09. The molecule has 2 nitrogen and oxygen atoms in total. The van der Waals surface area contributed by atoms with Gasteiger partial charge in [-0.2, -0.15) is 0 Å². The summed E-state index contributed by atoms with van der Waals surface area (Å²) in [4.78, 5) is 12.2. The zero-order valence-corrected chi connectivity index (χ0v) is 14.5. The molecular formula is C17H16BrClO2. The molecule has 21 heavy (non-hydrogen) atoms. The minimum Gasteiger partial charge on any atom is -0.456 e. The van der Waals surface area contributed by atoms with Gasteiger partial charge >= 0.3 is 5.97 Å². The first-order valence-electron chi connectivity index (χ1n) is 6.54. The smallest absolute Gasteiger partial charge is 0.338 e. The van der Waals surface area contributed by atoms with Crippen molar-refractivity contribution >= 4 is 33.5 Å². The fourth-order valence-corrected chi connectivity index (χ4v) is 2.47. The molecule has 2 aromatic carbocycles. The Morgan fingerprint density at radius 3 is 2.24 bits per heavy atom. The average molecular weight is 368 g/mol. The van der Waals surface area contributed by atoms with Gasteiger partial charge in [-0.25, -0.2) is 4.79 Å². The summed E-state index contributed by atoms with van der Waals surface area (Å²) in [6, 6.07) is 13.0. The van der Waals surface area contributed by atoms with Crippen LogP contribution < -0.4 is 0 Å². The highest BCUT2D eigenvalue weighted by atomic mass is 79.9. The van der Waals surface area contributed by atoms with Crippen molar-refractivity contribution in [3.05, 3.63) is 57.5 Å². The maximum Gasteiger partial charge on any atom is 0.338 e. The summed E-state index contributed by atoms with van der Waals surface area (Å²) in [6.07, 6.45) is 0. The first kappa shape index (κ1) is 16.1. The second kappa shape index (κ2) is 6.20. The van der Waals surface area contributed by atoms with Crippen molar-refractivity contribution in [2.24, 2.45) is 0 Å². The van der Waals surface area contributed by atoms with E-state index in [0.29, 0.717) is 10.6 Å². The molecule has 0 saturated carbocycles. The van der Waals surface area contributed by atoms with Gasteiger partial charge in [-0.1, -0.05) is 39.7 Å². The molecule has 0 spiro atoms. The van der Waals surface area contributed by atoms with Crippen LogP contribution in [-0.2, 0) is 4.74 Å². The number of esters is 1. The van der Waals surface area contributed by atoms with E-state index in [9.17, 15) is 4.79 Å². The standard InChI is InChI=1S/C17H16BrClO2/c1-17(2,3)21-16(20)13-8-12(9-14(18)10-13)11-4-6-15(19)7-5-11/h4-10H,1-3H3. The normalized spacial score (nSPS) is 11.3. The summed E-state index contributed by atoms with van der Waals surface area (Å²) in [5.41, 5.74) is 1.93. The molecule has 0 aromatic heterocycles. The van der Waals surface area contributed by atoms with E-state index in [4.69, 9.17) is 16.3 Å². The Kier molecular flexibility index (Phi) is 4.74. The molecular weight excluding hydrogens is 352 g/mol. The van der Waals surface area contributed by atoms with Gasteiger partial charge in [0.05, 0.1) is 5.56 Å². The van der Waals surface area contributed by atoms with Crippen LogP contribution >= 0.6 is 27.5 Å². The highest BCUT2D eigenvalue weighted by molar-refractivity contribution is 9.10. The zero-order valence-electron chi connectivity index (χ0n) is 12.1. The first-order valence-corrected chi connectivity index (χ1v) is 7.71. The third kappa shape index (κ3) is 4.58. The molecule has 0 heterocycles. The third-order valence-corrected chi connectivity index (χ3v) is 3.42. The van der Waals surface area contributed by atoms with Crippen LogP contribution in [0.4, 0.5) is 0 Å². The van der Waals surface area contributed by atoms with E-state index in [-0.39, 0.29) is 5.97 Å². The molecule has 0 aliphatic heterocycles. The van der Waals surface area contributed by atoms with Crippen LogP contribution in [0.3, 0.4) is 0 Å². The molecule has 0 atom stereocenters. The fourth-order valence-electron chi connectivity index (χ4n) is 1.85. The van der Waals surface area contributed by atoms with Crippen molar-refractivity contribution in [2.75, 3.05) is 0 Å². The Bertz CT molecular complexity index is 657. The van der Waals surface area contributed by atoms with E-state index >= 15 is 0 Å². The van der Waals surface area contributed by atoms with E-state index < -0.39 is 5.60 Å². The SMILES string of the molecule is CC(C)(C)OC(=O)c1cc(Br)cc(-c2ccc(Cl)cc2)c1. The van der Waals surface area contributed by atoms with Crippen molar-refractivity contribution in [1.29, 1.82) is 0 Å². The van der Waals surface area contributed by atoms with Crippen LogP contribution in [-0.4, -0.2) is 11.6 Å². The Balaban J connectivity index is 2.37. The Morgan fingerprint density at radius 2 is 1.67 bits per heavy atom. The lowest BCUT2D eigenvalue weighted by Gasteiger charge is -2.19. The van der Waals surface area contributed by atoms with Crippen LogP contribution in [0, 0.1) is 0 Å². The molecule has 0 bridgehead atoms. The minimum absolute atomic E-state index is 0.334. The average Bonchev–Trinajstić information content (AvgIpc) is 2.36. The van der Waals surface area contributed by atoms with Gasteiger partial charge < -0.3 is 4.74 Å².